The van der Waals surface area contributed by atoms with Gasteiger partial charge in [-0.25, -0.2) is 4.98 Å². The van der Waals surface area contributed by atoms with Crippen molar-refractivity contribution in [1.82, 2.24) is 14.5 Å². The van der Waals surface area contributed by atoms with Crippen molar-refractivity contribution in [2.75, 3.05) is 19.7 Å². The van der Waals surface area contributed by atoms with Crippen molar-refractivity contribution in [1.29, 1.82) is 0 Å². The van der Waals surface area contributed by atoms with Crippen LogP contribution < -0.4 is 0 Å². The predicted octanol–water partition coefficient (Wildman–Crippen LogP) is 1.87. The van der Waals surface area contributed by atoms with Gasteiger partial charge in [-0.05, 0) is 31.7 Å². The number of hydrogen-bond donors (Lipinski definition) is 1. The lowest BCUT2D eigenvalue weighted by atomic mass is 9.95. The molecule has 1 aliphatic rings. The van der Waals surface area contributed by atoms with Gasteiger partial charge in [0.25, 0.3) is 0 Å². The molecule has 6 heteroatoms. The Kier molecular flexibility index (Phi) is 4.66. The molecular weight excluding hydrogens is 240 g/mol. The molecule has 4 nitrogen and oxygen atoms in total. The summed E-state index contributed by atoms with van der Waals surface area (Å²) in [4.78, 5) is 6.14. The molecule has 0 aliphatic carbocycles. The smallest absolute Gasteiger partial charge is 0.319 e. The van der Waals surface area contributed by atoms with Gasteiger partial charge >= 0.3 is 6.55 Å². The first-order valence-corrected chi connectivity index (χ1v) is 6.33. The van der Waals surface area contributed by atoms with Crippen LogP contribution in [0.25, 0.3) is 0 Å². The van der Waals surface area contributed by atoms with E-state index in [1.165, 1.54) is 12.4 Å². The van der Waals surface area contributed by atoms with Crippen LogP contribution in [0.3, 0.4) is 0 Å². The molecule has 1 unspecified atom stereocenters. The molecule has 1 aromatic heterocycles. The zero-order chi connectivity index (χ0) is 13.0. The zero-order valence-corrected chi connectivity index (χ0v) is 10.3. The van der Waals surface area contributed by atoms with Gasteiger partial charge in [0.05, 0.1) is 6.54 Å². The maximum absolute atomic E-state index is 12.7. The molecule has 1 aromatic rings. The summed E-state index contributed by atoms with van der Waals surface area (Å²) in [6, 6.07) is 0. The van der Waals surface area contributed by atoms with Gasteiger partial charge in [-0.1, -0.05) is 0 Å². The first kappa shape index (κ1) is 13.4. The summed E-state index contributed by atoms with van der Waals surface area (Å²) < 4.78 is 26.3. The fourth-order valence-electron chi connectivity index (χ4n) is 2.56. The lowest BCUT2D eigenvalue weighted by molar-refractivity contribution is 0.0613. The number of piperidine rings is 1. The average molecular weight is 259 g/mol. The van der Waals surface area contributed by atoms with Crippen LogP contribution in [0, 0.1) is 5.92 Å². The topological polar surface area (TPSA) is 41.3 Å². The van der Waals surface area contributed by atoms with E-state index in [4.69, 9.17) is 5.11 Å². The van der Waals surface area contributed by atoms with Crippen molar-refractivity contribution in [3.8, 4) is 0 Å². The first-order valence-electron chi connectivity index (χ1n) is 6.33. The van der Waals surface area contributed by atoms with Crippen LogP contribution in [0.2, 0.25) is 0 Å². The predicted molar refractivity (Wildman–Crippen MR) is 63.2 cm³/mol. The lowest BCUT2D eigenvalue weighted by Gasteiger charge is -2.32. The van der Waals surface area contributed by atoms with E-state index in [1.807, 2.05) is 0 Å². The Hall–Kier alpha value is -1.01. The van der Waals surface area contributed by atoms with Crippen molar-refractivity contribution >= 4 is 0 Å². The van der Waals surface area contributed by atoms with Crippen LogP contribution in [-0.4, -0.2) is 39.3 Å². The number of likely N-dealkylation sites (tertiary alicyclic amines) is 1. The molecule has 0 aromatic carbocycles. The van der Waals surface area contributed by atoms with E-state index in [0.29, 0.717) is 18.3 Å². The molecule has 102 valence electrons. The number of aromatic nitrogens is 2. The van der Waals surface area contributed by atoms with Gasteiger partial charge in [0, 0.05) is 25.5 Å². The fraction of sp³-hybridized carbons (Fsp3) is 0.750. The molecule has 1 fully saturated rings. The third-order valence-electron chi connectivity index (χ3n) is 3.46. The average Bonchev–Trinajstić information content (AvgIpc) is 2.78. The molecule has 1 N–H and O–H groups in total. The molecule has 0 radical (unpaired) electrons. The van der Waals surface area contributed by atoms with E-state index in [0.717, 1.165) is 36.9 Å². The van der Waals surface area contributed by atoms with E-state index < -0.39 is 6.55 Å². The minimum Gasteiger partial charge on any atom is -0.396 e. The molecule has 0 spiro atoms. The van der Waals surface area contributed by atoms with Gasteiger partial charge < -0.3 is 5.11 Å². The second-order valence-corrected chi connectivity index (χ2v) is 4.78. The number of aliphatic hydroxyl groups excluding tert-OH is 1. The lowest BCUT2D eigenvalue weighted by Crippen LogP contribution is -2.36. The van der Waals surface area contributed by atoms with Gasteiger partial charge in [-0.3, -0.25) is 9.47 Å². The highest BCUT2D eigenvalue weighted by molar-refractivity contribution is 4.93. The van der Waals surface area contributed by atoms with Crippen molar-refractivity contribution in [2.45, 2.75) is 32.4 Å². The van der Waals surface area contributed by atoms with Gasteiger partial charge in [0.15, 0.2) is 0 Å². The second kappa shape index (κ2) is 6.24. The summed E-state index contributed by atoms with van der Waals surface area (Å²) >= 11 is 0. The highest BCUT2D eigenvalue weighted by Crippen LogP contribution is 2.21. The number of halogens is 2. The van der Waals surface area contributed by atoms with Crippen molar-refractivity contribution in [3.05, 3.63) is 18.2 Å². The van der Waals surface area contributed by atoms with Gasteiger partial charge in [-0.15, -0.1) is 0 Å². The number of imidazole rings is 1. The Balaban J connectivity index is 1.94. The standard InChI is InChI=1S/C12H19F2N3O/c13-12(14)17-6-4-15-11(17)9-16-5-1-2-10(8-16)3-7-18/h4,6,10,12,18H,1-3,5,7-9H2. The summed E-state index contributed by atoms with van der Waals surface area (Å²) in [6.45, 7) is -0.0986. The van der Waals surface area contributed by atoms with E-state index >= 15 is 0 Å². The minimum atomic E-state index is -2.53. The number of alkyl halides is 2. The quantitative estimate of drug-likeness (QED) is 0.877. The summed E-state index contributed by atoms with van der Waals surface area (Å²) in [5, 5.41) is 8.94. The molecule has 1 aliphatic heterocycles. The van der Waals surface area contributed by atoms with Crippen LogP contribution >= 0.6 is 0 Å². The molecule has 18 heavy (non-hydrogen) atoms. The summed E-state index contributed by atoms with van der Waals surface area (Å²) in [7, 11) is 0. The third-order valence-corrected chi connectivity index (χ3v) is 3.46. The van der Waals surface area contributed by atoms with Gasteiger partial charge in [0.2, 0.25) is 0 Å². The summed E-state index contributed by atoms with van der Waals surface area (Å²) in [6.07, 6.45) is 5.69. The molecule has 0 amide bonds. The van der Waals surface area contributed by atoms with Crippen LogP contribution in [0.4, 0.5) is 8.78 Å². The van der Waals surface area contributed by atoms with Gasteiger partial charge in [-0.2, -0.15) is 8.78 Å². The number of aliphatic hydroxyl groups is 1. The third kappa shape index (κ3) is 3.26. The largest absolute Gasteiger partial charge is 0.396 e. The molecule has 1 saturated heterocycles. The first-order chi connectivity index (χ1) is 8.70. The Morgan fingerprint density at radius 1 is 1.50 bits per heavy atom. The van der Waals surface area contributed by atoms with E-state index in [2.05, 4.69) is 9.88 Å². The monoisotopic (exact) mass is 259 g/mol. The molecule has 1 atom stereocenters. The fourth-order valence-corrected chi connectivity index (χ4v) is 2.56. The SMILES string of the molecule is OCCC1CCCN(Cc2nccn2C(F)F)C1. The maximum Gasteiger partial charge on any atom is 0.319 e. The Bertz CT molecular complexity index is 368. The van der Waals surface area contributed by atoms with Crippen LogP contribution in [-0.2, 0) is 6.54 Å². The molecule has 0 saturated carbocycles. The summed E-state index contributed by atoms with van der Waals surface area (Å²) in [5.74, 6) is 0.883. The molecule has 0 bridgehead atoms. The molecule has 2 rings (SSSR count). The molecule has 2 heterocycles. The van der Waals surface area contributed by atoms with E-state index in [9.17, 15) is 8.78 Å². The van der Waals surface area contributed by atoms with Crippen LogP contribution in [0.1, 0.15) is 31.6 Å². The van der Waals surface area contributed by atoms with E-state index in [-0.39, 0.29) is 6.61 Å². The zero-order valence-electron chi connectivity index (χ0n) is 10.3. The van der Waals surface area contributed by atoms with Gasteiger partial charge in [0.1, 0.15) is 5.82 Å². The van der Waals surface area contributed by atoms with Crippen molar-refractivity contribution in [3.63, 3.8) is 0 Å². The van der Waals surface area contributed by atoms with Crippen LogP contribution in [0.15, 0.2) is 12.4 Å². The normalized spacial score (nSPS) is 21.7. The maximum atomic E-state index is 12.7. The highest BCUT2D eigenvalue weighted by atomic mass is 19.3. The minimum absolute atomic E-state index is 0.199. The Labute approximate surface area is 105 Å². The second-order valence-electron chi connectivity index (χ2n) is 4.78. The Morgan fingerprint density at radius 3 is 3.06 bits per heavy atom. The number of hydrogen-bond acceptors (Lipinski definition) is 3. The molecular formula is C12H19F2N3O. The number of nitrogens with zero attached hydrogens (tertiary/aromatic N) is 3. The number of rotatable bonds is 5. The van der Waals surface area contributed by atoms with Crippen molar-refractivity contribution in [2.24, 2.45) is 5.92 Å². The van der Waals surface area contributed by atoms with Crippen molar-refractivity contribution < 1.29 is 13.9 Å². The highest BCUT2D eigenvalue weighted by Gasteiger charge is 2.21. The van der Waals surface area contributed by atoms with Crippen LogP contribution in [0.5, 0.6) is 0 Å². The van der Waals surface area contributed by atoms with E-state index in [1.54, 1.807) is 0 Å². The summed E-state index contributed by atoms with van der Waals surface area (Å²) in [5.41, 5.74) is 0. The Morgan fingerprint density at radius 2 is 2.33 bits per heavy atom.